The van der Waals surface area contributed by atoms with Crippen LogP contribution in [-0.2, 0) is 0 Å². The Labute approximate surface area is 133 Å². The average Bonchev–Trinajstić information content (AvgIpc) is 2.54. The lowest BCUT2D eigenvalue weighted by atomic mass is 9.94. The lowest BCUT2D eigenvalue weighted by Crippen LogP contribution is -2.35. The average molecular weight is 312 g/mol. The third kappa shape index (κ3) is 4.27. The van der Waals surface area contributed by atoms with Gasteiger partial charge in [0, 0.05) is 18.2 Å². The summed E-state index contributed by atoms with van der Waals surface area (Å²) in [5.41, 5.74) is 1.00. The van der Waals surface area contributed by atoms with Gasteiger partial charge in [0.25, 0.3) is 0 Å². The SMILES string of the molecule is COc1ccc(OC)c(C(Cl)CN(C)C2CCCCC2)c1. The Morgan fingerprint density at radius 3 is 2.52 bits per heavy atom. The molecule has 0 spiro atoms. The number of hydrogen-bond acceptors (Lipinski definition) is 3. The molecule has 21 heavy (non-hydrogen) atoms. The van der Waals surface area contributed by atoms with E-state index >= 15 is 0 Å². The summed E-state index contributed by atoms with van der Waals surface area (Å²) in [5, 5.41) is -0.0954. The topological polar surface area (TPSA) is 21.7 Å². The van der Waals surface area contributed by atoms with Crippen LogP contribution in [0.2, 0.25) is 0 Å². The third-order valence-corrected chi connectivity index (χ3v) is 4.79. The molecule has 1 aromatic rings. The first kappa shape index (κ1) is 16.4. The molecule has 2 rings (SSSR count). The summed E-state index contributed by atoms with van der Waals surface area (Å²) in [6.07, 6.45) is 6.62. The molecule has 4 heteroatoms. The maximum absolute atomic E-state index is 6.66. The van der Waals surface area contributed by atoms with Crippen LogP contribution >= 0.6 is 11.6 Å². The Bertz CT molecular complexity index is 446. The standard InChI is InChI=1S/C17H26ClNO2/c1-19(13-7-5-4-6-8-13)12-16(18)15-11-14(20-2)9-10-17(15)21-3/h9-11,13,16H,4-8,12H2,1-3H3. The van der Waals surface area contributed by atoms with Gasteiger partial charge in [-0.25, -0.2) is 0 Å². The van der Waals surface area contributed by atoms with Crippen molar-refractivity contribution in [2.45, 2.75) is 43.5 Å². The minimum Gasteiger partial charge on any atom is -0.497 e. The molecule has 0 amide bonds. The van der Waals surface area contributed by atoms with E-state index in [0.717, 1.165) is 23.6 Å². The molecule has 1 aliphatic rings. The number of benzene rings is 1. The molecule has 0 heterocycles. The number of hydrogen-bond donors (Lipinski definition) is 0. The van der Waals surface area contributed by atoms with Crippen molar-refractivity contribution in [1.29, 1.82) is 0 Å². The zero-order chi connectivity index (χ0) is 15.2. The van der Waals surface area contributed by atoms with Gasteiger partial charge in [0.1, 0.15) is 11.5 Å². The first-order valence-corrected chi connectivity index (χ1v) is 8.15. The number of likely N-dealkylation sites (N-methyl/N-ethyl adjacent to an activating group) is 1. The molecule has 1 atom stereocenters. The number of ether oxygens (including phenoxy) is 2. The highest BCUT2D eigenvalue weighted by Gasteiger charge is 2.22. The second-order valence-electron chi connectivity index (χ2n) is 5.81. The van der Waals surface area contributed by atoms with Crippen LogP contribution in [0.3, 0.4) is 0 Å². The molecule has 0 aliphatic heterocycles. The molecule has 1 fully saturated rings. The van der Waals surface area contributed by atoms with Gasteiger partial charge in [-0.2, -0.15) is 0 Å². The van der Waals surface area contributed by atoms with E-state index in [4.69, 9.17) is 21.1 Å². The van der Waals surface area contributed by atoms with E-state index in [0.29, 0.717) is 6.04 Å². The van der Waals surface area contributed by atoms with Gasteiger partial charge in [-0.3, -0.25) is 0 Å². The smallest absolute Gasteiger partial charge is 0.123 e. The van der Waals surface area contributed by atoms with Crippen molar-refractivity contribution >= 4 is 11.6 Å². The van der Waals surface area contributed by atoms with Crippen LogP contribution in [-0.4, -0.2) is 38.8 Å². The molecule has 0 aromatic heterocycles. The summed E-state index contributed by atoms with van der Waals surface area (Å²) in [4.78, 5) is 2.40. The largest absolute Gasteiger partial charge is 0.497 e. The molecule has 0 radical (unpaired) electrons. The summed E-state index contributed by atoms with van der Waals surface area (Å²) in [6.45, 7) is 0.829. The minimum atomic E-state index is -0.0954. The molecule has 0 saturated heterocycles. The maximum atomic E-state index is 6.66. The quantitative estimate of drug-likeness (QED) is 0.733. The first-order valence-electron chi connectivity index (χ1n) is 7.72. The predicted octanol–water partition coefficient (Wildman–Crippen LogP) is 4.25. The normalized spacial score (nSPS) is 17.8. The molecule has 1 aliphatic carbocycles. The Morgan fingerprint density at radius 1 is 1.19 bits per heavy atom. The lowest BCUT2D eigenvalue weighted by molar-refractivity contribution is 0.191. The van der Waals surface area contributed by atoms with Crippen molar-refractivity contribution in [3.05, 3.63) is 23.8 Å². The van der Waals surface area contributed by atoms with Crippen molar-refractivity contribution in [2.24, 2.45) is 0 Å². The van der Waals surface area contributed by atoms with Crippen LogP contribution in [0, 0.1) is 0 Å². The van der Waals surface area contributed by atoms with Crippen LogP contribution in [0.1, 0.15) is 43.0 Å². The van der Waals surface area contributed by atoms with Gasteiger partial charge in [-0.15, -0.1) is 11.6 Å². The van der Waals surface area contributed by atoms with Crippen LogP contribution in [0.4, 0.5) is 0 Å². The highest BCUT2D eigenvalue weighted by molar-refractivity contribution is 6.21. The fraction of sp³-hybridized carbons (Fsp3) is 0.647. The van der Waals surface area contributed by atoms with E-state index in [1.807, 2.05) is 18.2 Å². The number of rotatable bonds is 6. The fourth-order valence-electron chi connectivity index (χ4n) is 3.11. The zero-order valence-electron chi connectivity index (χ0n) is 13.3. The van der Waals surface area contributed by atoms with Crippen LogP contribution in [0.5, 0.6) is 11.5 Å². The lowest BCUT2D eigenvalue weighted by Gasteiger charge is -2.32. The first-order chi connectivity index (χ1) is 10.2. The van der Waals surface area contributed by atoms with Crippen LogP contribution in [0.25, 0.3) is 0 Å². The molecule has 118 valence electrons. The Kier molecular flexibility index (Phi) is 6.19. The van der Waals surface area contributed by atoms with Crippen molar-refractivity contribution in [1.82, 2.24) is 4.90 Å². The van der Waals surface area contributed by atoms with Crippen molar-refractivity contribution in [3.63, 3.8) is 0 Å². The molecular weight excluding hydrogens is 286 g/mol. The van der Waals surface area contributed by atoms with Gasteiger partial charge >= 0.3 is 0 Å². The number of halogens is 1. The second kappa shape index (κ2) is 7.90. The Balaban J connectivity index is 2.06. The summed E-state index contributed by atoms with van der Waals surface area (Å²) in [6, 6.07) is 6.46. The highest BCUT2D eigenvalue weighted by atomic mass is 35.5. The summed E-state index contributed by atoms with van der Waals surface area (Å²) in [5.74, 6) is 1.64. The van der Waals surface area contributed by atoms with E-state index in [1.165, 1.54) is 32.1 Å². The van der Waals surface area contributed by atoms with Gasteiger partial charge in [0.15, 0.2) is 0 Å². The molecule has 1 saturated carbocycles. The molecule has 1 aromatic carbocycles. The van der Waals surface area contributed by atoms with Gasteiger partial charge < -0.3 is 14.4 Å². The van der Waals surface area contributed by atoms with Crippen LogP contribution < -0.4 is 9.47 Å². The molecule has 1 unspecified atom stereocenters. The van der Waals surface area contributed by atoms with Gasteiger partial charge in [-0.1, -0.05) is 19.3 Å². The summed E-state index contributed by atoms with van der Waals surface area (Å²) >= 11 is 6.66. The van der Waals surface area contributed by atoms with Crippen LogP contribution in [0.15, 0.2) is 18.2 Å². The molecule has 0 N–H and O–H groups in total. The number of alkyl halides is 1. The Hall–Kier alpha value is -0.930. The van der Waals surface area contributed by atoms with E-state index in [9.17, 15) is 0 Å². The van der Waals surface area contributed by atoms with Crippen molar-refractivity contribution in [3.8, 4) is 11.5 Å². The fourth-order valence-corrected chi connectivity index (χ4v) is 3.49. The van der Waals surface area contributed by atoms with Gasteiger partial charge in [0.05, 0.1) is 19.6 Å². The summed E-state index contributed by atoms with van der Waals surface area (Å²) in [7, 11) is 5.53. The Morgan fingerprint density at radius 2 is 1.90 bits per heavy atom. The van der Waals surface area contributed by atoms with Gasteiger partial charge in [-0.05, 0) is 38.1 Å². The molecule has 3 nitrogen and oxygen atoms in total. The van der Waals surface area contributed by atoms with Gasteiger partial charge in [0.2, 0.25) is 0 Å². The van der Waals surface area contributed by atoms with E-state index < -0.39 is 0 Å². The number of methoxy groups -OCH3 is 2. The zero-order valence-corrected chi connectivity index (χ0v) is 14.0. The highest BCUT2D eigenvalue weighted by Crippen LogP contribution is 2.34. The second-order valence-corrected chi connectivity index (χ2v) is 6.33. The maximum Gasteiger partial charge on any atom is 0.123 e. The number of nitrogens with zero attached hydrogens (tertiary/aromatic N) is 1. The summed E-state index contributed by atoms with van der Waals surface area (Å²) < 4.78 is 10.7. The van der Waals surface area contributed by atoms with Crippen molar-refractivity contribution in [2.75, 3.05) is 27.8 Å². The predicted molar refractivity (Wildman–Crippen MR) is 87.6 cm³/mol. The minimum absolute atomic E-state index is 0.0954. The van der Waals surface area contributed by atoms with E-state index in [-0.39, 0.29) is 5.38 Å². The van der Waals surface area contributed by atoms with Crippen molar-refractivity contribution < 1.29 is 9.47 Å². The third-order valence-electron chi connectivity index (χ3n) is 4.42. The molecule has 0 bridgehead atoms. The molecular formula is C17H26ClNO2. The van der Waals surface area contributed by atoms with E-state index in [1.54, 1.807) is 14.2 Å². The monoisotopic (exact) mass is 311 g/mol. The van der Waals surface area contributed by atoms with E-state index in [2.05, 4.69) is 11.9 Å².